The standard InChI is InChI=1S/C21H25N3O2/c1-12-10-13(2)17(14(3)11-12)18-19-20(26-24-18)21(23-15(4)22-19)25-9-5-6-16-7-8-16/h10-11,16H,5-9H2,1-4H3. The van der Waals surface area contributed by atoms with Crippen LogP contribution in [0.4, 0.5) is 0 Å². The molecule has 0 aliphatic heterocycles. The summed E-state index contributed by atoms with van der Waals surface area (Å²) in [6.45, 7) is 8.83. The summed E-state index contributed by atoms with van der Waals surface area (Å²) < 4.78 is 11.5. The quantitative estimate of drug-likeness (QED) is 0.579. The van der Waals surface area contributed by atoms with Crippen LogP contribution in [0.2, 0.25) is 0 Å². The molecule has 2 aromatic heterocycles. The lowest BCUT2D eigenvalue weighted by Crippen LogP contribution is -2.02. The van der Waals surface area contributed by atoms with Crippen LogP contribution in [-0.4, -0.2) is 21.7 Å². The van der Waals surface area contributed by atoms with Gasteiger partial charge in [0, 0.05) is 5.56 Å². The zero-order chi connectivity index (χ0) is 18.3. The normalized spacial score (nSPS) is 14.2. The Morgan fingerprint density at radius 1 is 1.08 bits per heavy atom. The molecule has 0 spiro atoms. The van der Waals surface area contributed by atoms with Crippen LogP contribution in [0.15, 0.2) is 16.7 Å². The molecule has 5 nitrogen and oxygen atoms in total. The molecule has 0 saturated heterocycles. The van der Waals surface area contributed by atoms with E-state index in [0.717, 1.165) is 29.1 Å². The number of rotatable bonds is 6. The molecule has 0 bridgehead atoms. The largest absolute Gasteiger partial charge is 0.475 e. The summed E-state index contributed by atoms with van der Waals surface area (Å²) in [5.41, 5.74) is 6.68. The summed E-state index contributed by atoms with van der Waals surface area (Å²) in [5, 5.41) is 4.33. The van der Waals surface area contributed by atoms with E-state index in [1.165, 1.54) is 36.0 Å². The fourth-order valence-electron chi connectivity index (χ4n) is 3.68. The van der Waals surface area contributed by atoms with Crippen molar-refractivity contribution < 1.29 is 9.26 Å². The van der Waals surface area contributed by atoms with Gasteiger partial charge in [0.05, 0.1) is 6.61 Å². The van der Waals surface area contributed by atoms with Crippen molar-refractivity contribution in [3.05, 3.63) is 34.6 Å². The summed E-state index contributed by atoms with van der Waals surface area (Å²) >= 11 is 0. The fourth-order valence-corrected chi connectivity index (χ4v) is 3.68. The minimum atomic E-state index is 0.504. The average molecular weight is 351 g/mol. The van der Waals surface area contributed by atoms with E-state index < -0.39 is 0 Å². The predicted octanol–water partition coefficient (Wildman–Crippen LogP) is 5.09. The Labute approximate surface area is 153 Å². The van der Waals surface area contributed by atoms with Crippen LogP contribution >= 0.6 is 0 Å². The number of fused-ring (bicyclic) bond motifs is 1. The van der Waals surface area contributed by atoms with Crippen molar-refractivity contribution in [3.63, 3.8) is 0 Å². The molecule has 1 aliphatic rings. The molecule has 0 atom stereocenters. The second-order valence-corrected chi connectivity index (χ2v) is 7.49. The lowest BCUT2D eigenvalue weighted by molar-refractivity contribution is 0.287. The van der Waals surface area contributed by atoms with Crippen LogP contribution < -0.4 is 4.74 Å². The molecule has 4 rings (SSSR count). The Morgan fingerprint density at radius 2 is 1.81 bits per heavy atom. The highest BCUT2D eigenvalue weighted by Gasteiger charge is 2.22. The smallest absolute Gasteiger partial charge is 0.264 e. The summed E-state index contributed by atoms with van der Waals surface area (Å²) in [7, 11) is 0. The van der Waals surface area contributed by atoms with Gasteiger partial charge in [-0.2, -0.15) is 4.98 Å². The lowest BCUT2D eigenvalue weighted by atomic mass is 9.97. The maximum absolute atomic E-state index is 5.92. The molecular formula is C21H25N3O2. The fraction of sp³-hybridized carbons (Fsp3) is 0.476. The third-order valence-corrected chi connectivity index (χ3v) is 5.01. The van der Waals surface area contributed by atoms with Crippen LogP contribution in [0, 0.1) is 33.6 Å². The van der Waals surface area contributed by atoms with Gasteiger partial charge in [-0.1, -0.05) is 35.7 Å². The summed E-state index contributed by atoms with van der Waals surface area (Å²) in [4.78, 5) is 9.03. The average Bonchev–Trinajstić information content (AvgIpc) is 3.31. The summed E-state index contributed by atoms with van der Waals surface area (Å²) in [6.07, 6.45) is 5.03. The van der Waals surface area contributed by atoms with Gasteiger partial charge in [0.15, 0.2) is 0 Å². The van der Waals surface area contributed by atoms with Crippen LogP contribution in [-0.2, 0) is 0 Å². The number of benzene rings is 1. The molecule has 1 aliphatic carbocycles. The second kappa shape index (κ2) is 6.71. The van der Waals surface area contributed by atoms with Crippen LogP contribution in [0.3, 0.4) is 0 Å². The first-order chi connectivity index (χ1) is 12.5. The summed E-state index contributed by atoms with van der Waals surface area (Å²) in [5.74, 6) is 2.08. The minimum Gasteiger partial charge on any atom is -0.475 e. The minimum absolute atomic E-state index is 0.504. The van der Waals surface area contributed by atoms with Crippen LogP contribution in [0.25, 0.3) is 22.4 Å². The first kappa shape index (κ1) is 17.0. The molecule has 0 unspecified atom stereocenters. The molecule has 1 saturated carbocycles. The number of hydrogen-bond acceptors (Lipinski definition) is 5. The highest BCUT2D eigenvalue weighted by atomic mass is 16.5. The SMILES string of the molecule is Cc1cc(C)c(-c2noc3c(OCCCC4CC4)nc(C)nc23)c(C)c1. The lowest BCUT2D eigenvalue weighted by Gasteiger charge is -2.09. The number of nitrogens with zero attached hydrogens (tertiary/aromatic N) is 3. The van der Waals surface area contributed by atoms with Crippen LogP contribution in [0.1, 0.15) is 48.2 Å². The van der Waals surface area contributed by atoms with Gasteiger partial charge in [-0.05, 0) is 57.6 Å². The molecule has 26 heavy (non-hydrogen) atoms. The topological polar surface area (TPSA) is 61.0 Å². The molecule has 0 amide bonds. The molecule has 0 N–H and O–H groups in total. The summed E-state index contributed by atoms with van der Waals surface area (Å²) in [6, 6.07) is 4.32. The Hall–Kier alpha value is -2.43. The zero-order valence-corrected chi connectivity index (χ0v) is 15.9. The van der Waals surface area contributed by atoms with Gasteiger partial charge in [-0.25, -0.2) is 4.98 Å². The predicted molar refractivity (Wildman–Crippen MR) is 101 cm³/mol. The Bertz CT molecular complexity index is 934. The Balaban J connectivity index is 1.69. The number of aromatic nitrogens is 3. The molecule has 1 fully saturated rings. The monoisotopic (exact) mass is 351 g/mol. The number of hydrogen-bond donors (Lipinski definition) is 0. The van der Waals surface area contributed by atoms with Gasteiger partial charge in [-0.15, -0.1) is 0 Å². The maximum Gasteiger partial charge on any atom is 0.264 e. The second-order valence-electron chi connectivity index (χ2n) is 7.49. The van der Waals surface area contributed by atoms with Crippen molar-refractivity contribution in [1.29, 1.82) is 0 Å². The highest BCUT2D eigenvalue weighted by Crippen LogP contribution is 2.36. The van der Waals surface area contributed by atoms with E-state index in [2.05, 4.69) is 48.0 Å². The highest BCUT2D eigenvalue weighted by molar-refractivity contribution is 5.92. The molecular weight excluding hydrogens is 326 g/mol. The Kier molecular flexibility index (Phi) is 4.39. The van der Waals surface area contributed by atoms with E-state index in [9.17, 15) is 0 Å². The van der Waals surface area contributed by atoms with Crippen LogP contribution in [0.5, 0.6) is 5.88 Å². The van der Waals surface area contributed by atoms with Crippen molar-refractivity contribution in [2.45, 2.75) is 53.4 Å². The third kappa shape index (κ3) is 3.30. The molecule has 136 valence electrons. The van der Waals surface area contributed by atoms with Crippen molar-refractivity contribution in [2.75, 3.05) is 6.61 Å². The van der Waals surface area contributed by atoms with Crippen molar-refractivity contribution >= 4 is 11.1 Å². The van der Waals surface area contributed by atoms with E-state index >= 15 is 0 Å². The molecule has 1 aromatic carbocycles. The van der Waals surface area contributed by atoms with Crippen molar-refractivity contribution in [1.82, 2.24) is 15.1 Å². The third-order valence-electron chi connectivity index (χ3n) is 5.01. The first-order valence-corrected chi connectivity index (χ1v) is 9.38. The molecule has 5 heteroatoms. The Morgan fingerprint density at radius 3 is 2.50 bits per heavy atom. The first-order valence-electron chi connectivity index (χ1n) is 9.38. The number of aryl methyl sites for hydroxylation is 4. The van der Waals surface area contributed by atoms with E-state index in [0.29, 0.717) is 23.9 Å². The van der Waals surface area contributed by atoms with Gasteiger partial charge in [0.1, 0.15) is 17.0 Å². The molecule has 3 aromatic rings. The van der Waals surface area contributed by atoms with E-state index in [-0.39, 0.29) is 0 Å². The van der Waals surface area contributed by atoms with Gasteiger partial charge in [-0.3, -0.25) is 0 Å². The van der Waals surface area contributed by atoms with E-state index in [4.69, 9.17) is 9.26 Å². The molecule has 0 radical (unpaired) electrons. The van der Waals surface area contributed by atoms with E-state index in [1.807, 2.05) is 6.92 Å². The van der Waals surface area contributed by atoms with Gasteiger partial charge >= 0.3 is 0 Å². The number of ether oxygens (including phenoxy) is 1. The van der Waals surface area contributed by atoms with Gasteiger partial charge in [0.2, 0.25) is 5.58 Å². The van der Waals surface area contributed by atoms with Gasteiger partial charge in [0.25, 0.3) is 5.88 Å². The van der Waals surface area contributed by atoms with E-state index in [1.54, 1.807) is 0 Å². The van der Waals surface area contributed by atoms with Crippen molar-refractivity contribution in [2.24, 2.45) is 5.92 Å². The van der Waals surface area contributed by atoms with Gasteiger partial charge < -0.3 is 9.26 Å². The molecule has 2 heterocycles. The van der Waals surface area contributed by atoms with Crippen molar-refractivity contribution in [3.8, 4) is 17.1 Å². The maximum atomic E-state index is 5.92. The zero-order valence-electron chi connectivity index (χ0n) is 15.9.